The predicted octanol–water partition coefficient (Wildman–Crippen LogP) is -1.97. The van der Waals surface area contributed by atoms with E-state index in [9.17, 15) is 4.79 Å². The first kappa shape index (κ1) is 20.6. The molecule has 6 unspecified atom stereocenters. The summed E-state index contributed by atoms with van der Waals surface area (Å²) < 4.78 is 0. The van der Waals surface area contributed by atoms with E-state index in [0.717, 1.165) is 31.2 Å². The highest BCUT2D eigenvalue weighted by atomic mass is 35.5. The molecule has 11 heteroatoms. The molecule has 158 valence electrons. The Balaban J connectivity index is 1.44. The summed E-state index contributed by atoms with van der Waals surface area (Å²) in [4.78, 5) is 17.9. The smallest absolute Gasteiger partial charge is 0.229 e. The van der Waals surface area contributed by atoms with Crippen molar-refractivity contribution in [1.82, 2.24) is 36.2 Å². The van der Waals surface area contributed by atoms with Crippen molar-refractivity contribution in [2.75, 3.05) is 52.9 Å². The third-order valence-corrected chi connectivity index (χ3v) is 6.75. The van der Waals surface area contributed by atoms with Crippen molar-refractivity contribution < 1.29 is 4.79 Å². The number of nitrogens with two attached hydrogens (primary N) is 1. The summed E-state index contributed by atoms with van der Waals surface area (Å²) in [6, 6.07) is -0.132. The van der Waals surface area contributed by atoms with E-state index >= 15 is 0 Å². The Hall–Kier alpha value is -0.650. The second kappa shape index (κ2) is 8.61. The van der Waals surface area contributed by atoms with Crippen LogP contribution in [0.4, 0.5) is 0 Å². The van der Waals surface area contributed by atoms with E-state index in [2.05, 4.69) is 38.2 Å². The summed E-state index contributed by atoms with van der Waals surface area (Å²) in [5, 5.41) is 12.4. The molecule has 0 radical (unpaired) electrons. The molecule has 0 saturated carbocycles. The molecule has 4 aliphatic rings. The number of rotatable bonds is 3. The van der Waals surface area contributed by atoms with E-state index in [1.54, 1.807) is 0 Å². The van der Waals surface area contributed by atoms with Gasteiger partial charge in [0.15, 0.2) is 0 Å². The molecule has 0 aromatic heterocycles. The number of likely N-dealkylation sites (N-methyl/N-ethyl adjacent to an activating group) is 1. The first-order chi connectivity index (χ1) is 13.4. The minimum Gasteiger partial charge on any atom is -0.388 e. The molecule has 0 bridgehead atoms. The second-order valence-electron chi connectivity index (χ2n) is 8.12. The summed E-state index contributed by atoms with van der Waals surface area (Å²) in [5.41, 5.74) is 9.42. The Morgan fingerprint density at radius 3 is 2.79 bits per heavy atom. The maximum atomic E-state index is 13.2. The number of hydrogen-bond donors (Lipinski definition) is 5. The lowest BCUT2D eigenvalue weighted by Crippen LogP contribution is -2.63. The minimum atomic E-state index is -0.455. The number of nitrogens with one attached hydrogen (secondary N) is 4. The molecule has 9 nitrogen and oxygen atoms in total. The first-order valence-corrected chi connectivity index (χ1v) is 10.7. The zero-order valence-corrected chi connectivity index (χ0v) is 17.6. The van der Waals surface area contributed by atoms with Gasteiger partial charge in [0.05, 0.1) is 40.7 Å². The summed E-state index contributed by atoms with van der Waals surface area (Å²) >= 11 is 12.8. The lowest BCUT2D eigenvalue weighted by molar-refractivity contribution is -0.127. The topological polar surface area (TPSA) is 101 Å². The SMILES string of the molecule is CN1CCN(C2C(Cl)=CNCC2NC(=O)C2C(N)NN3CC(Cl)CNC23)CC1. The lowest BCUT2D eigenvalue weighted by Gasteiger charge is -2.43. The molecular formula is C17H30Cl2N8O. The number of nitrogens with zero attached hydrogens (tertiary/aromatic N) is 3. The van der Waals surface area contributed by atoms with Gasteiger partial charge in [0.2, 0.25) is 5.91 Å². The quantitative estimate of drug-likeness (QED) is 0.327. The van der Waals surface area contributed by atoms with Crippen molar-refractivity contribution in [3.63, 3.8) is 0 Å². The number of carbonyl (C=O) groups is 1. The molecule has 1 amide bonds. The fraction of sp³-hybridized carbons (Fsp3) is 0.824. The number of amides is 1. The highest BCUT2D eigenvalue weighted by molar-refractivity contribution is 6.30. The monoisotopic (exact) mass is 432 g/mol. The van der Waals surface area contributed by atoms with Crippen LogP contribution in [0, 0.1) is 5.92 Å². The molecule has 3 saturated heterocycles. The number of halogens is 2. The molecule has 4 aliphatic heterocycles. The normalized spacial score (nSPS) is 40.5. The molecule has 4 rings (SSSR count). The zero-order valence-electron chi connectivity index (χ0n) is 16.1. The maximum absolute atomic E-state index is 13.2. The van der Waals surface area contributed by atoms with E-state index in [1.807, 2.05) is 11.2 Å². The summed E-state index contributed by atoms with van der Waals surface area (Å²) in [5.74, 6) is -0.465. The zero-order chi connectivity index (χ0) is 19.8. The molecule has 0 spiro atoms. The molecule has 0 aromatic carbocycles. The van der Waals surface area contributed by atoms with Gasteiger partial charge < -0.3 is 21.3 Å². The number of alkyl halides is 1. The summed E-state index contributed by atoms with van der Waals surface area (Å²) in [7, 11) is 2.12. The number of piperazine rings is 1. The number of hydrazine groups is 1. The van der Waals surface area contributed by atoms with E-state index < -0.39 is 12.1 Å². The van der Waals surface area contributed by atoms with Crippen molar-refractivity contribution in [1.29, 1.82) is 0 Å². The Bertz CT molecular complexity index is 614. The third-order valence-electron chi connectivity index (χ3n) is 6.12. The predicted molar refractivity (Wildman–Crippen MR) is 109 cm³/mol. The van der Waals surface area contributed by atoms with Gasteiger partial charge in [-0.2, -0.15) is 0 Å². The van der Waals surface area contributed by atoms with Crippen LogP contribution in [0.2, 0.25) is 0 Å². The molecule has 28 heavy (non-hydrogen) atoms. The van der Waals surface area contributed by atoms with Gasteiger partial charge >= 0.3 is 0 Å². The van der Waals surface area contributed by atoms with E-state index in [0.29, 0.717) is 19.6 Å². The lowest BCUT2D eigenvalue weighted by atomic mass is 9.98. The second-order valence-corrected chi connectivity index (χ2v) is 9.17. The summed E-state index contributed by atoms with van der Waals surface area (Å²) in [6.07, 6.45) is 1.24. The Labute approximate surface area is 175 Å². The van der Waals surface area contributed by atoms with Gasteiger partial charge in [-0.3, -0.25) is 15.0 Å². The van der Waals surface area contributed by atoms with Gasteiger partial charge in [-0.1, -0.05) is 11.6 Å². The van der Waals surface area contributed by atoms with Crippen LogP contribution in [-0.4, -0.2) is 103 Å². The summed E-state index contributed by atoms with van der Waals surface area (Å²) in [6.45, 7) is 5.79. The van der Waals surface area contributed by atoms with Gasteiger partial charge in [0.25, 0.3) is 0 Å². The van der Waals surface area contributed by atoms with Crippen molar-refractivity contribution >= 4 is 29.1 Å². The molecule has 4 heterocycles. The molecule has 3 fully saturated rings. The number of carbonyl (C=O) groups excluding carboxylic acids is 1. The van der Waals surface area contributed by atoms with Crippen LogP contribution in [0.5, 0.6) is 0 Å². The Morgan fingerprint density at radius 2 is 2.04 bits per heavy atom. The van der Waals surface area contributed by atoms with Gasteiger partial charge in [0, 0.05) is 52.0 Å². The van der Waals surface area contributed by atoms with Crippen LogP contribution in [0.15, 0.2) is 11.2 Å². The standard InChI is InChI=1S/C17H30Cl2N8O/c1-25-2-4-26(5-3-25)14-11(19)7-21-8-12(14)23-17(28)13-15(20)24-27-9-10(18)6-22-16(13)27/h7,10,12-16,21-22,24H,2-6,8-9,20H2,1H3,(H,23,28). The van der Waals surface area contributed by atoms with Crippen molar-refractivity contribution in [3.05, 3.63) is 11.2 Å². The number of fused-ring (bicyclic) bond motifs is 1. The van der Waals surface area contributed by atoms with E-state index in [4.69, 9.17) is 28.9 Å². The van der Waals surface area contributed by atoms with Crippen LogP contribution in [0.3, 0.4) is 0 Å². The minimum absolute atomic E-state index is 0.00846. The Kier molecular flexibility index (Phi) is 6.34. The van der Waals surface area contributed by atoms with Crippen molar-refractivity contribution in [3.8, 4) is 0 Å². The average Bonchev–Trinajstić information content (AvgIpc) is 2.98. The first-order valence-electron chi connectivity index (χ1n) is 9.92. The third kappa shape index (κ3) is 4.13. The van der Waals surface area contributed by atoms with Crippen LogP contribution in [-0.2, 0) is 4.79 Å². The van der Waals surface area contributed by atoms with Crippen LogP contribution < -0.4 is 27.1 Å². The molecular weight excluding hydrogens is 403 g/mol. The Morgan fingerprint density at radius 1 is 1.29 bits per heavy atom. The van der Waals surface area contributed by atoms with Crippen LogP contribution in [0.25, 0.3) is 0 Å². The molecule has 6 N–H and O–H groups in total. The fourth-order valence-electron chi connectivity index (χ4n) is 4.59. The van der Waals surface area contributed by atoms with E-state index in [1.165, 1.54) is 0 Å². The van der Waals surface area contributed by atoms with Crippen molar-refractivity contribution in [2.24, 2.45) is 11.7 Å². The highest BCUT2D eigenvalue weighted by Gasteiger charge is 2.47. The van der Waals surface area contributed by atoms with Gasteiger partial charge in [0.1, 0.15) is 0 Å². The fourth-order valence-corrected chi connectivity index (χ4v) is 5.19. The highest BCUT2D eigenvalue weighted by Crippen LogP contribution is 2.25. The average molecular weight is 433 g/mol. The number of hydrogen-bond acceptors (Lipinski definition) is 8. The molecule has 6 atom stereocenters. The molecule has 0 aromatic rings. The van der Waals surface area contributed by atoms with Crippen molar-refractivity contribution in [2.45, 2.75) is 29.8 Å². The van der Waals surface area contributed by atoms with Gasteiger partial charge in [-0.15, -0.1) is 11.6 Å². The maximum Gasteiger partial charge on any atom is 0.229 e. The largest absolute Gasteiger partial charge is 0.388 e. The molecule has 0 aliphatic carbocycles. The van der Waals surface area contributed by atoms with Crippen LogP contribution >= 0.6 is 23.2 Å². The van der Waals surface area contributed by atoms with Crippen LogP contribution in [0.1, 0.15) is 0 Å². The van der Waals surface area contributed by atoms with Gasteiger partial charge in [-0.25, -0.2) is 10.4 Å². The van der Waals surface area contributed by atoms with Gasteiger partial charge in [-0.05, 0) is 7.05 Å². The van der Waals surface area contributed by atoms with E-state index in [-0.39, 0.29) is 29.5 Å².